The summed E-state index contributed by atoms with van der Waals surface area (Å²) in [5, 5.41) is 16.3. The van der Waals surface area contributed by atoms with E-state index in [4.69, 9.17) is 25.8 Å². The van der Waals surface area contributed by atoms with E-state index in [1.165, 1.54) is 25.5 Å². The number of methoxy groups -OCH3 is 1. The topological polar surface area (TPSA) is 89.4 Å². The standard InChI is InChI=1S/C21H17ClN2O5/c1-27-18-9-15(22)6-14(20(18)25)10-23-24-21(26)19-11-28-16-7-12-4-2-3-5-13(12)8-17(16)29-19/h2-10,19,25H,11H2,1H3,(H,24,26)/b23-10+/t19-/m1/s1. The van der Waals surface area contributed by atoms with Gasteiger partial charge < -0.3 is 19.3 Å². The molecule has 0 unspecified atom stereocenters. The number of phenolic OH excluding ortho intramolecular Hbond substituents is 1. The Morgan fingerprint density at radius 3 is 2.69 bits per heavy atom. The number of nitrogens with one attached hydrogen (secondary N) is 1. The van der Waals surface area contributed by atoms with Crippen LogP contribution in [0.1, 0.15) is 5.56 Å². The van der Waals surface area contributed by atoms with Crippen LogP contribution in [-0.4, -0.2) is 37.0 Å². The van der Waals surface area contributed by atoms with E-state index >= 15 is 0 Å². The van der Waals surface area contributed by atoms with Crippen molar-refractivity contribution in [1.82, 2.24) is 5.43 Å². The number of hydrogen-bond donors (Lipinski definition) is 2. The third kappa shape index (κ3) is 3.90. The lowest BCUT2D eigenvalue weighted by atomic mass is 10.1. The van der Waals surface area contributed by atoms with Gasteiger partial charge in [-0.25, -0.2) is 5.43 Å². The van der Waals surface area contributed by atoms with Gasteiger partial charge in [-0.15, -0.1) is 0 Å². The number of amides is 1. The van der Waals surface area contributed by atoms with Crippen LogP contribution in [0, 0.1) is 0 Å². The molecule has 3 aromatic carbocycles. The lowest BCUT2D eigenvalue weighted by Gasteiger charge is -2.25. The summed E-state index contributed by atoms with van der Waals surface area (Å²) in [6.45, 7) is 0.0585. The van der Waals surface area contributed by atoms with Crippen LogP contribution in [0.4, 0.5) is 0 Å². The first-order chi connectivity index (χ1) is 14.0. The SMILES string of the molecule is COc1cc(Cl)cc(/C=N/NC(=O)[C@H]2COc3cc4ccccc4cc3O2)c1O. The number of hydrazone groups is 1. The molecule has 1 amide bonds. The maximum absolute atomic E-state index is 12.4. The largest absolute Gasteiger partial charge is 0.504 e. The second-order valence-electron chi connectivity index (χ2n) is 6.34. The van der Waals surface area contributed by atoms with Crippen molar-refractivity contribution in [1.29, 1.82) is 0 Å². The number of rotatable bonds is 4. The molecule has 0 fully saturated rings. The van der Waals surface area contributed by atoms with Crippen molar-refractivity contribution in [2.75, 3.05) is 13.7 Å². The van der Waals surface area contributed by atoms with Gasteiger partial charge in [-0.05, 0) is 29.0 Å². The Morgan fingerprint density at radius 1 is 1.24 bits per heavy atom. The highest BCUT2D eigenvalue weighted by Crippen LogP contribution is 2.36. The molecule has 7 nitrogen and oxygen atoms in total. The van der Waals surface area contributed by atoms with Crippen LogP contribution >= 0.6 is 11.6 Å². The van der Waals surface area contributed by atoms with Crippen LogP contribution in [0.15, 0.2) is 53.6 Å². The Morgan fingerprint density at radius 2 is 1.97 bits per heavy atom. The molecule has 0 aliphatic carbocycles. The van der Waals surface area contributed by atoms with Crippen LogP contribution in [0.3, 0.4) is 0 Å². The first-order valence-electron chi connectivity index (χ1n) is 8.77. The molecule has 0 bridgehead atoms. The summed E-state index contributed by atoms with van der Waals surface area (Å²) in [4.78, 5) is 12.4. The number of carbonyl (C=O) groups is 1. The second kappa shape index (κ2) is 7.89. The van der Waals surface area contributed by atoms with Crippen molar-refractivity contribution in [2.45, 2.75) is 6.10 Å². The van der Waals surface area contributed by atoms with E-state index in [1.807, 2.05) is 36.4 Å². The van der Waals surface area contributed by atoms with E-state index in [2.05, 4.69) is 10.5 Å². The van der Waals surface area contributed by atoms with Gasteiger partial charge in [0.1, 0.15) is 6.61 Å². The monoisotopic (exact) mass is 412 g/mol. The molecule has 4 rings (SSSR count). The highest BCUT2D eigenvalue weighted by Gasteiger charge is 2.27. The minimum atomic E-state index is -0.858. The van der Waals surface area contributed by atoms with Gasteiger partial charge in [-0.3, -0.25) is 4.79 Å². The highest BCUT2D eigenvalue weighted by atomic mass is 35.5. The number of carbonyl (C=O) groups excluding carboxylic acids is 1. The van der Waals surface area contributed by atoms with E-state index in [0.29, 0.717) is 22.1 Å². The minimum absolute atomic E-state index is 0.0585. The van der Waals surface area contributed by atoms with Crippen molar-refractivity contribution in [2.24, 2.45) is 5.10 Å². The third-order valence-electron chi connectivity index (χ3n) is 4.43. The third-order valence-corrected chi connectivity index (χ3v) is 4.65. The normalized spacial score (nSPS) is 15.4. The van der Waals surface area contributed by atoms with E-state index in [9.17, 15) is 9.90 Å². The summed E-state index contributed by atoms with van der Waals surface area (Å²) in [6.07, 6.45) is 0.413. The molecule has 29 heavy (non-hydrogen) atoms. The zero-order chi connectivity index (χ0) is 20.4. The van der Waals surface area contributed by atoms with Crippen LogP contribution < -0.4 is 19.6 Å². The van der Waals surface area contributed by atoms with Crippen LogP contribution in [0.25, 0.3) is 10.8 Å². The van der Waals surface area contributed by atoms with E-state index in [1.54, 1.807) is 0 Å². The molecule has 0 saturated heterocycles. The van der Waals surface area contributed by atoms with Crippen molar-refractivity contribution in [3.63, 3.8) is 0 Å². The second-order valence-corrected chi connectivity index (χ2v) is 6.78. The summed E-state index contributed by atoms with van der Waals surface area (Å²) in [5.74, 6) is 0.683. The lowest BCUT2D eigenvalue weighted by Crippen LogP contribution is -2.42. The minimum Gasteiger partial charge on any atom is -0.504 e. The first kappa shape index (κ1) is 18.9. The average Bonchev–Trinajstić information content (AvgIpc) is 2.73. The molecule has 0 spiro atoms. The van der Waals surface area contributed by atoms with Gasteiger partial charge in [0.2, 0.25) is 6.10 Å². The fraction of sp³-hybridized carbons (Fsp3) is 0.143. The summed E-state index contributed by atoms with van der Waals surface area (Å²) in [6, 6.07) is 14.5. The number of aromatic hydroxyl groups is 1. The molecule has 148 valence electrons. The fourth-order valence-corrected chi connectivity index (χ4v) is 3.19. The molecule has 1 atom stereocenters. The zero-order valence-corrected chi connectivity index (χ0v) is 16.1. The molecular weight excluding hydrogens is 396 g/mol. The fourth-order valence-electron chi connectivity index (χ4n) is 2.97. The van der Waals surface area contributed by atoms with Gasteiger partial charge in [-0.2, -0.15) is 5.10 Å². The molecule has 1 aliphatic heterocycles. The first-order valence-corrected chi connectivity index (χ1v) is 9.14. The maximum atomic E-state index is 12.4. The predicted molar refractivity (Wildman–Crippen MR) is 109 cm³/mol. The lowest BCUT2D eigenvalue weighted by molar-refractivity contribution is -0.130. The maximum Gasteiger partial charge on any atom is 0.284 e. The number of halogens is 1. The molecule has 0 radical (unpaired) electrons. The van der Waals surface area contributed by atoms with Gasteiger partial charge in [-0.1, -0.05) is 35.9 Å². The Labute approximate surface area is 171 Å². The number of fused-ring (bicyclic) bond motifs is 2. The van der Waals surface area contributed by atoms with Gasteiger partial charge in [0.25, 0.3) is 5.91 Å². The number of phenols is 1. The zero-order valence-electron chi connectivity index (χ0n) is 15.4. The summed E-state index contributed by atoms with van der Waals surface area (Å²) >= 11 is 5.98. The average molecular weight is 413 g/mol. The van der Waals surface area contributed by atoms with Crippen LogP contribution in [-0.2, 0) is 4.79 Å². The van der Waals surface area contributed by atoms with E-state index in [0.717, 1.165) is 10.8 Å². The van der Waals surface area contributed by atoms with Gasteiger partial charge >= 0.3 is 0 Å². The number of benzene rings is 3. The van der Waals surface area contributed by atoms with Crippen molar-refractivity contribution >= 4 is 34.5 Å². The van der Waals surface area contributed by atoms with E-state index in [-0.39, 0.29) is 18.1 Å². The molecular formula is C21H17ClN2O5. The summed E-state index contributed by atoms with van der Waals surface area (Å²) in [7, 11) is 1.41. The van der Waals surface area contributed by atoms with Gasteiger partial charge in [0, 0.05) is 16.7 Å². The summed E-state index contributed by atoms with van der Waals surface area (Å²) in [5.41, 5.74) is 2.68. The smallest absolute Gasteiger partial charge is 0.284 e. The Balaban J connectivity index is 1.46. The van der Waals surface area contributed by atoms with E-state index < -0.39 is 12.0 Å². The van der Waals surface area contributed by atoms with Crippen LogP contribution in [0.5, 0.6) is 23.0 Å². The van der Waals surface area contributed by atoms with Crippen LogP contribution in [0.2, 0.25) is 5.02 Å². The quantitative estimate of drug-likeness (QED) is 0.505. The Hall–Kier alpha value is -3.45. The molecule has 1 heterocycles. The molecule has 8 heteroatoms. The Bertz CT molecular complexity index is 1120. The highest BCUT2D eigenvalue weighted by molar-refractivity contribution is 6.31. The van der Waals surface area contributed by atoms with Crippen molar-refractivity contribution in [3.8, 4) is 23.0 Å². The van der Waals surface area contributed by atoms with Crippen molar-refractivity contribution < 1.29 is 24.1 Å². The number of hydrogen-bond acceptors (Lipinski definition) is 6. The molecule has 3 aromatic rings. The predicted octanol–water partition coefficient (Wildman–Crippen LogP) is 3.50. The Kier molecular flexibility index (Phi) is 5.14. The molecule has 1 aliphatic rings. The molecule has 0 aromatic heterocycles. The molecule has 2 N–H and O–H groups in total. The van der Waals surface area contributed by atoms with Gasteiger partial charge in [0.15, 0.2) is 23.0 Å². The molecule has 0 saturated carbocycles. The number of nitrogens with zero attached hydrogens (tertiary/aromatic N) is 1. The summed E-state index contributed by atoms with van der Waals surface area (Å²) < 4.78 is 16.5. The number of ether oxygens (including phenoxy) is 3. The van der Waals surface area contributed by atoms with Crippen molar-refractivity contribution in [3.05, 3.63) is 59.1 Å². The van der Waals surface area contributed by atoms with Gasteiger partial charge in [0.05, 0.1) is 13.3 Å².